The first-order chi connectivity index (χ1) is 14.0. The van der Waals surface area contributed by atoms with Crippen molar-refractivity contribution in [2.45, 2.75) is 37.5 Å². The van der Waals surface area contributed by atoms with Gasteiger partial charge in [-0.2, -0.15) is 4.31 Å². The molecule has 1 amide bonds. The van der Waals surface area contributed by atoms with Gasteiger partial charge >= 0.3 is 0 Å². The van der Waals surface area contributed by atoms with Gasteiger partial charge in [0.05, 0.1) is 17.6 Å². The Kier molecular flexibility index (Phi) is 5.43. The lowest BCUT2D eigenvalue weighted by molar-refractivity contribution is -0.115. The van der Waals surface area contributed by atoms with Crippen molar-refractivity contribution < 1.29 is 17.6 Å². The van der Waals surface area contributed by atoms with Crippen molar-refractivity contribution in [3.8, 4) is 0 Å². The van der Waals surface area contributed by atoms with Gasteiger partial charge in [-0.3, -0.25) is 4.79 Å². The molecule has 29 heavy (non-hydrogen) atoms. The third-order valence-corrected chi connectivity index (χ3v) is 7.23. The van der Waals surface area contributed by atoms with Gasteiger partial charge in [0.2, 0.25) is 15.9 Å². The number of sulfonamides is 1. The fourth-order valence-corrected chi connectivity index (χ4v) is 5.17. The zero-order valence-electron chi connectivity index (χ0n) is 16.3. The monoisotopic (exact) mass is 412 g/mol. The first-order valence-corrected chi connectivity index (χ1v) is 11.3. The Hall–Kier alpha value is -2.64. The van der Waals surface area contributed by atoms with Gasteiger partial charge in [-0.25, -0.2) is 8.42 Å². The Morgan fingerprint density at radius 1 is 1.10 bits per heavy atom. The first kappa shape index (κ1) is 19.7. The molecule has 3 aromatic rings. The second-order valence-corrected chi connectivity index (χ2v) is 9.24. The average molecular weight is 413 g/mol. The van der Waals surface area contributed by atoms with Crippen LogP contribution >= 0.6 is 0 Å². The molecule has 0 saturated carbocycles. The van der Waals surface area contributed by atoms with Crippen molar-refractivity contribution in [2.24, 2.45) is 0 Å². The maximum atomic E-state index is 12.6. The van der Waals surface area contributed by atoms with Crippen molar-refractivity contribution in [1.29, 1.82) is 0 Å². The zero-order valence-corrected chi connectivity index (χ0v) is 17.2. The molecule has 6 nitrogen and oxygen atoms in total. The van der Waals surface area contributed by atoms with Crippen LogP contribution in [0.15, 0.2) is 58.0 Å². The smallest absolute Gasteiger partial charge is 0.243 e. The molecular formula is C22H24N2O4S. The van der Waals surface area contributed by atoms with Crippen LogP contribution < -0.4 is 5.32 Å². The Bertz CT molecular complexity index is 1130. The summed E-state index contributed by atoms with van der Waals surface area (Å²) in [5.41, 5.74) is 3.36. The standard InChI is InChI=1S/C22H24N2O4S/c1-2-16-5-10-20-17(15-28-21(20)13-16)14-22(25)23-18-6-8-19(9-7-18)29(26,27)24-11-3-4-12-24/h5-10,13,15H,2-4,11-12,14H2,1H3,(H,23,25). The normalized spacial score (nSPS) is 15.1. The highest BCUT2D eigenvalue weighted by Gasteiger charge is 2.26. The van der Waals surface area contributed by atoms with E-state index in [9.17, 15) is 13.2 Å². The molecule has 0 spiro atoms. The lowest BCUT2D eigenvalue weighted by atomic mass is 10.1. The van der Waals surface area contributed by atoms with Gasteiger partial charge in [0.15, 0.2) is 0 Å². The SMILES string of the molecule is CCc1ccc2c(CC(=O)Nc3ccc(S(=O)(=O)N4CCCC4)cc3)coc2c1. The molecular weight excluding hydrogens is 388 g/mol. The number of nitrogens with one attached hydrogen (secondary N) is 1. The van der Waals surface area contributed by atoms with E-state index in [1.54, 1.807) is 30.5 Å². The quantitative estimate of drug-likeness (QED) is 0.665. The highest BCUT2D eigenvalue weighted by Crippen LogP contribution is 2.25. The van der Waals surface area contributed by atoms with Crippen LogP contribution in [0.3, 0.4) is 0 Å². The Morgan fingerprint density at radius 2 is 1.83 bits per heavy atom. The number of aryl methyl sites for hydroxylation is 1. The highest BCUT2D eigenvalue weighted by atomic mass is 32.2. The van der Waals surface area contributed by atoms with Crippen molar-refractivity contribution in [3.63, 3.8) is 0 Å². The fraction of sp³-hybridized carbons (Fsp3) is 0.318. The van der Waals surface area contributed by atoms with Crippen LogP contribution in [-0.2, 0) is 27.7 Å². The van der Waals surface area contributed by atoms with E-state index in [0.717, 1.165) is 35.8 Å². The zero-order chi connectivity index (χ0) is 20.4. The summed E-state index contributed by atoms with van der Waals surface area (Å²) in [6.45, 7) is 3.22. The van der Waals surface area contributed by atoms with Gasteiger partial charge in [-0.05, 0) is 55.2 Å². The summed E-state index contributed by atoms with van der Waals surface area (Å²) in [6.07, 6.45) is 4.53. The van der Waals surface area contributed by atoms with Crippen LogP contribution in [0.4, 0.5) is 5.69 Å². The van der Waals surface area contributed by atoms with Gasteiger partial charge in [0.25, 0.3) is 0 Å². The summed E-state index contributed by atoms with van der Waals surface area (Å²) in [5, 5.41) is 3.76. The van der Waals surface area contributed by atoms with E-state index in [-0.39, 0.29) is 17.2 Å². The molecule has 0 unspecified atom stereocenters. The Morgan fingerprint density at radius 3 is 2.52 bits per heavy atom. The number of furan rings is 1. The molecule has 1 aromatic heterocycles. The molecule has 1 saturated heterocycles. The number of anilines is 1. The number of nitrogens with zero attached hydrogens (tertiary/aromatic N) is 1. The maximum absolute atomic E-state index is 12.6. The number of hydrogen-bond acceptors (Lipinski definition) is 4. The lowest BCUT2D eigenvalue weighted by Gasteiger charge is -2.15. The summed E-state index contributed by atoms with van der Waals surface area (Å²) in [5.74, 6) is -0.178. The van der Waals surface area contributed by atoms with Crippen LogP contribution in [0, 0.1) is 0 Å². The lowest BCUT2D eigenvalue weighted by Crippen LogP contribution is -2.27. The number of fused-ring (bicyclic) bond motifs is 1. The van der Waals surface area contributed by atoms with E-state index < -0.39 is 10.0 Å². The number of amides is 1. The van der Waals surface area contributed by atoms with E-state index in [1.165, 1.54) is 9.87 Å². The molecule has 0 radical (unpaired) electrons. The molecule has 152 valence electrons. The predicted octanol–water partition coefficient (Wildman–Crippen LogP) is 3.96. The van der Waals surface area contributed by atoms with Crippen molar-refractivity contribution in [1.82, 2.24) is 4.31 Å². The minimum absolute atomic E-state index is 0.178. The van der Waals surface area contributed by atoms with Crippen LogP contribution in [0.1, 0.15) is 30.9 Å². The molecule has 4 rings (SSSR count). The third-order valence-electron chi connectivity index (χ3n) is 5.32. The molecule has 0 atom stereocenters. The number of carbonyl (C=O) groups is 1. The van der Waals surface area contributed by atoms with Crippen LogP contribution in [0.5, 0.6) is 0 Å². The van der Waals surface area contributed by atoms with Gasteiger partial charge in [-0.15, -0.1) is 0 Å². The number of hydrogen-bond donors (Lipinski definition) is 1. The molecule has 0 aliphatic carbocycles. The summed E-state index contributed by atoms with van der Waals surface area (Å²) < 4.78 is 32.3. The van der Waals surface area contributed by atoms with Gasteiger partial charge < -0.3 is 9.73 Å². The van der Waals surface area contributed by atoms with Gasteiger partial charge in [-0.1, -0.05) is 19.1 Å². The van der Waals surface area contributed by atoms with E-state index in [1.807, 2.05) is 18.2 Å². The average Bonchev–Trinajstić information content (AvgIpc) is 3.39. The topological polar surface area (TPSA) is 79.6 Å². The molecule has 1 aliphatic rings. The summed E-state index contributed by atoms with van der Waals surface area (Å²) >= 11 is 0. The number of carbonyl (C=O) groups excluding carboxylic acids is 1. The summed E-state index contributed by atoms with van der Waals surface area (Å²) in [6, 6.07) is 12.4. The van der Waals surface area contributed by atoms with Crippen molar-refractivity contribution >= 4 is 32.6 Å². The van der Waals surface area contributed by atoms with Crippen molar-refractivity contribution in [3.05, 3.63) is 59.9 Å². The molecule has 2 aromatic carbocycles. The number of rotatable bonds is 6. The van der Waals surface area contributed by atoms with Crippen LogP contribution in [-0.4, -0.2) is 31.7 Å². The Balaban J connectivity index is 1.44. The first-order valence-electron chi connectivity index (χ1n) is 9.86. The molecule has 0 bridgehead atoms. The van der Waals surface area contributed by atoms with E-state index in [2.05, 4.69) is 12.2 Å². The van der Waals surface area contributed by atoms with Crippen LogP contribution in [0.2, 0.25) is 0 Å². The minimum atomic E-state index is -3.45. The largest absolute Gasteiger partial charge is 0.464 e. The summed E-state index contributed by atoms with van der Waals surface area (Å²) in [7, 11) is -3.45. The van der Waals surface area contributed by atoms with Crippen molar-refractivity contribution in [2.75, 3.05) is 18.4 Å². The third kappa shape index (κ3) is 4.06. The van der Waals surface area contributed by atoms with Gasteiger partial charge in [0.1, 0.15) is 5.58 Å². The maximum Gasteiger partial charge on any atom is 0.243 e. The second-order valence-electron chi connectivity index (χ2n) is 7.31. The molecule has 1 N–H and O–H groups in total. The van der Waals surface area contributed by atoms with Crippen LogP contribution in [0.25, 0.3) is 11.0 Å². The minimum Gasteiger partial charge on any atom is -0.464 e. The van der Waals surface area contributed by atoms with E-state index in [0.29, 0.717) is 18.8 Å². The molecule has 7 heteroatoms. The Labute approximate surface area is 170 Å². The molecule has 1 fully saturated rings. The highest BCUT2D eigenvalue weighted by molar-refractivity contribution is 7.89. The predicted molar refractivity (Wildman–Crippen MR) is 112 cm³/mol. The number of benzene rings is 2. The van der Waals surface area contributed by atoms with Gasteiger partial charge in [0, 0.05) is 29.7 Å². The molecule has 1 aliphatic heterocycles. The van der Waals surface area contributed by atoms with E-state index >= 15 is 0 Å². The molecule has 2 heterocycles. The summed E-state index contributed by atoms with van der Waals surface area (Å²) in [4.78, 5) is 12.7. The second kappa shape index (κ2) is 8.00. The fourth-order valence-electron chi connectivity index (χ4n) is 3.65. The van der Waals surface area contributed by atoms with E-state index in [4.69, 9.17) is 4.42 Å².